The van der Waals surface area contributed by atoms with Crippen molar-refractivity contribution in [1.29, 1.82) is 0 Å². The van der Waals surface area contributed by atoms with E-state index in [1.165, 1.54) is 11.3 Å². The number of anilines is 1. The molecule has 7 nitrogen and oxygen atoms in total. The Labute approximate surface area is 164 Å². The van der Waals surface area contributed by atoms with Crippen molar-refractivity contribution in [2.75, 3.05) is 44.8 Å². The third-order valence-corrected chi connectivity index (χ3v) is 5.61. The Kier molecular flexibility index (Phi) is 6.62. The lowest BCUT2D eigenvalue weighted by Crippen LogP contribution is -2.36. The maximum absolute atomic E-state index is 12.3. The number of carbonyl (C=O) groups excluding carboxylic acids is 1. The van der Waals surface area contributed by atoms with Gasteiger partial charge in [0.25, 0.3) is 0 Å². The minimum atomic E-state index is -0.289. The smallest absolute Gasteiger partial charge is 0.348 e. The Morgan fingerprint density at radius 1 is 1.33 bits per heavy atom. The van der Waals surface area contributed by atoms with E-state index in [-0.39, 0.29) is 5.97 Å². The lowest BCUT2D eigenvalue weighted by molar-refractivity contribution is 0.0331. The van der Waals surface area contributed by atoms with Crippen molar-refractivity contribution in [3.8, 4) is 0 Å². The zero-order valence-electron chi connectivity index (χ0n) is 16.5. The minimum absolute atomic E-state index is 0.289. The average molecular weight is 393 g/mol. The number of rotatable bonds is 7. The largest absolute Gasteiger partial charge is 0.462 e. The second-order valence-electron chi connectivity index (χ2n) is 7.11. The van der Waals surface area contributed by atoms with Crippen LogP contribution < -0.4 is 5.32 Å². The van der Waals surface area contributed by atoms with Crippen molar-refractivity contribution in [3.05, 3.63) is 16.3 Å². The first-order valence-corrected chi connectivity index (χ1v) is 10.3. The molecule has 1 fully saturated rings. The summed E-state index contributed by atoms with van der Waals surface area (Å²) in [6.45, 7) is 13.2. The molecule has 1 aliphatic rings. The van der Waals surface area contributed by atoms with Gasteiger partial charge in [0, 0.05) is 19.6 Å². The summed E-state index contributed by atoms with van der Waals surface area (Å²) >= 11 is 1.39. The van der Waals surface area contributed by atoms with E-state index in [4.69, 9.17) is 19.4 Å². The minimum Gasteiger partial charge on any atom is -0.462 e. The van der Waals surface area contributed by atoms with E-state index in [0.717, 1.165) is 60.3 Å². The van der Waals surface area contributed by atoms with Crippen molar-refractivity contribution < 1.29 is 14.3 Å². The molecule has 0 radical (unpaired) electrons. The molecule has 3 heterocycles. The molecule has 1 aliphatic heterocycles. The first-order valence-electron chi connectivity index (χ1n) is 9.50. The molecule has 0 saturated carbocycles. The Morgan fingerprint density at radius 3 is 2.74 bits per heavy atom. The van der Waals surface area contributed by atoms with Crippen LogP contribution in [0.1, 0.15) is 41.8 Å². The van der Waals surface area contributed by atoms with E-state index in [0.29, 0.717) is 23.9 Å². The zero-order chi connectivity index (χ0) is 19.4. The van der Waals surface area contributed by atoms with E-state index >= 15 is 0 Å². The van der Waals surface area contributed by atoms with Gasteiger partial charge in [-0.1, -0.05) is 13.8 Å². The third-order valence-electron chi connectivity index (χ3n) is 4.44. The fourth-order valence-electron chi connectivity index (χ4n) is 3.03. The number of fused-ring (bicyclic) bond motifs is 1. The lowest BCUT2D eigenvalue weighted by atomic mass is 10.2. The Morgan fingerprint density at radius 2 is 2.07 bits per heavy atom. The highest BCUT2D eigenvalue weighted by molar-refractivity contribution is 7.20. The van der Waals surface area contributed by atoms with Crippen LogP contribution in [0.4, 0.5) is 5.82 Å². The number of thiophene rings is 1. The molecule has 2 aromatic heterocycles. The summed E-state index contributed by atoms with van der Waals surface area (Å²) in [6.07, 6.45) is 0. The third kappa shape index (κ3) is 4.75. The predicted molar refractivity (Wildman–Crippen MR) is 108 cm³/mol. The van der Waals surface area contributed by atoms with Crippen LogP contribution in [0.5, 0.6) is 0 Å². The summed E-state index contributed by atoms with van der Waals surface area (Å²) in [4.78, 5) is 25.6. The van der Waals surface area contributed by atoms with Crippen molar-refractivity contribution in [2.45, 2.75) is 34.2 Å². The van der Waals surface area contributed by atoms with Gasteiger partial charge in [0.05, 0.1) is 31.8 Å². The van der Waals surface area contributed by atoms with Crippen LogP contribution in [-0.2, 0) is 16.0 Å². The topological polar surface area (TPSA) is 76.6 Å². The van der Waals surface area contributed by atoms with Crippen LogP contribution in [0, 0.1) is 12.8 Å². The Balaban J connectivity index is 1.98. The monoisotopic (exact) mass is 392 g/mol. The van der Waals surface area contributed by atoms with Crippen LogP contribution >= 0.6 is 11.3 Å². The molecular formula is C19H28N4O3S. The quantitative estimate of drug-likeness (QED) is 0.726. The summed E-state index contributed by atoms with van der Waals surface area (Å²) in [5, 5.41) is 4.38. The molecular weight excluding hydrogens is 364 g/mol. The SMILES string of the molecule is CCOC(=O)c1sc2nc(CN3CCOCC3)nc(NCC(C)C)c2c1C. The van der Waals surface area contributed by atoms with Crippen molar-refractivity contribution in [2.24, 2.45) is 5.92 Å². The predicted octanol–water partition coefficient (Wildman–Crippen LogP) is 3.08. The van der Waals surface area contributed by atoms with Gasteiger partial charge in [-0.3, -0.25) is 4.90 Å². The molecule has 1 N–H and O–H groups in total. The fraction of sp³-hybridized carbons (Fsp3) is 0.632. The standard InChI is InChI=1S/C19H28N4O3S/c1-5-26-19(24)16-13(4)15-17(20-10-12(2)3)21-14(22-18(15)27-16)11-23-6-8-25-9-7-23/h12H,5-11H2,1-4H3,(H,20,21,22). The van der Waals surface area contributed by atoms with Gasteiger partial charge in [0.15, 0.2) is 0 Å². The molecule has 148 valence electrons. The summed E-state index contributed by atoms with van der Waals surface area (Å²) in [6, 6.07) is 0. The molecule has 0 atom stereocenters. The maximum Gasteiger partial charge on any atom is 0.348 e. The van der Waals surface area contributed by atoms with Gasteiger partial charge in [-0.25, -0.2) is 14.8 Å². The first-order chi connectivity index (χ1) is 13.0. The van der Waals surface area contributed by atoms with E-state index in [1.54, 1.807) is 0 Å². The summed E-state index contributed by atoms with van der Waals surface area (Å²) in [5.74, 6) is 1.78. The van der Waals surface area contributed by atoms with E-state index in [2.05, 4.69) is 24.1 Å². The van der Waals surface area contributed by atoms with Crippen molar-refractivity contribution in [3.63, 3.8) is 0 Å². The molecule has 2 aromatic rings. The lowest BCUT2D eigenvalue weighted by Gasteiger charge is -2.25. The molecule has 0 aromatic carbocycles. The first kappa shape index (κ1) is 20.0. The second kappa shape index (κ2) is 8.95. The van der Waals surface area contributed by atoms with Crippen LogP contribution in [0.25, 0.3) is 10.2 Å². The molecule has 27 heavy (non-hydrogen) atoms. The molecule has 1 saturated heterocycles. The van der Waals surface area contributed by atoms with Gasteiger partial charge < -0.3 is 14.8 Å². The highest BCUT2D eigenvalue weighted by Crippen LogP contribution is 2.34. The number of morpholine rings is 1. The molecule has 8 heteroatoms. The summed E-state index contributed by atoms with van der Waals surface area (Å²) in [5.41, 5.74) is 0.887. The van der Waals surface area contributed by atoms with Gasteiger partial charge in [-0.2, -0.15) is 0 Å². The number of aromatic nitrogens is 2. The summed E-state index contributed by atoms with van der Waals surface area (Å²) in [7, 11) is 0. The van der Waals surface area contributed by atoms with Crippen LogP contribution in [0.2, 0.25) is 0 Å². The number of ether oxygens (including phenoxy) is 2. The number of hydrogen-bond donors (Lipinski definition) is 1. The number of esters is 1. The Bertz CT molecular complexity index is 800. The molecule has 3 rings (SSSR count). The molecule has 0 unspecified atom stereocenters. The van der Waals surface area contributed by atoms with E-state index in [1.807, 2.05) is 13.8 Å². The normalized spacial score (nSPS) is 15.4. The van der Waals surface area contributed by atoms with Gasteiger partial charge in [-0.15, -0.1) is 11.3 Å². The number of nitrogens with one attached hydrogen (secondary N) is 1. The number of nitrogens with zero attached hydrogens (tertiary/aromatic N) is 3. The van der Waals surface area contributed by atoms with Gasteiger partial charge in [-0.05, 0) is 25.3 Å². The van der Waals surface area contributed by atoms with Crippen LogP contribution in [-0.4, -0.2) is 60.3 Å². The fourth-order valence-corrected chi connectivity index (χ4v) is 4.13. The van der Waals surface area contributed by atoms with Gasteiger partial charge >= 0.3 is 5.97 Å². The maximum atomic E-state index is 12.3. The Hall–Kier alpha value is -1.77. The van der Waals surface area contributed by atoms with Crippen LogP contribution in [0.15, 0.2) is 0 Å². The molecule has 0 spiro atoms. The number of hydrogen-bond acceptors (Lipinski definition) is 8. The highest BCUT2D eigenvalue weighted by atomic mass is 32.1. The van der Waals surface area contributed by atoms with Crippen molar-refractivity contribution in [1.82, 2.24) is 14.9 Å². The second-order valence-corrected chi connectivity index (χ2v) is 8.11. The van der Waals surface area contributed by atoms with Gasteiger partial charge in [0.2, 0.25) is 0 Å². The van der Waals surface area contributed by atoms with E-state index < -0.39 is 0 Å². The summed E-state index contributed by atoms with van der Waals surface area (Å²) < 4.78 is 10.6. The van der Waals surface area contributed by atoms with E-state index in [9.17, 15) is 4.79 Å². The zero-order valence-corrected chi connectivity index (χ0v) is 17.3. The van der Waals surface area contributed by atoms with Gasteiger partial charge in [0.1, 0.15) is 21.3 Å². The highest BCUT2D eigenvalue weighted by Gasteiger charge is 2.22. The molecule has 0 aliphatic carbocycles. The number of carbonyl (C=O) groups is 1. The number of aryl methyl sites for hydroxylation is 1. The van der Waals surface area contributed by atoms with Crippen LogP contribution in [0.3, 0.4) is 0 Å². The van der Waals surface area contributed by atoms with Crippen molar-refractivity contribution >= 4 is 33.3 Å². The average Bonchev–Trinajstić information content (AvgIpc) is 2.97. The molecule has 0 amide bonds. The molecule has 0 bridgehead atoms.